The summed E-state index contributed by atoms with van der Waals surface area (Å²) < 4.78 is 38.9. The van der Waals surface area contributed by atoms with Crippen molar-refractivity contribution >= 4 is 63.6 Å². The summed E-state index contributed by atoms with van der Waals surface area (Å²) in [5.41, 5.74) is 0. The van der Waals surface area contributed by atoms with Crippen LogP contribution in [0.15, 0.2) is 0 Å². The Morgan fingerprint density at radius 2 is 1.89 bits per heavy atom. The third-order valence-corrected chi connectivity index (χ3v) is 1.45. The fourth-order valence-corrected chi connectivity index (χ4v) is 0.447. The maximum absolute atomic E-state index is 9.39. The van der Waals surface area contributed by atoms with Gasteiger partial charge in [0.25, 0.3) is 0 Å². The first-order chi connectivity index (χ1) is 3.06. The topological polar surface area (TPSA) is 112 Å². The molecule has 3 N–H and O–H groups in total. The fraction of sp³-hybridized carbons (Fsp3) is 0. The van der Waals surface area contributed by atoms with Gasteiger partial charge >= 0.3 is 83.6 Å². The molecule has 0 aliphatic heterocycles. The maximum atomic E-state index is 9.39. The normalized spacial score (nSPS) is 7.67. The molecule has 0 radical (unpaired) electrons. The molecule has 0 aliphatic rings. The standard InChI is InChI=1S/Al.Ca.H2O4S.H2O.O.2H/c;;1-5(2,3)4;;;;/h;;(H2,1,2,3,4);1H2;;;/q+1;+2;;;;2*-1/p-1. The zero-order valence-electron chi connectivity index (χ0n) is 6.27. The molecule has 0 amide bonds. The number of hydrogen-bond donors (Lipinski definition) is 1. The van der Waals surface area contributed by atoms with E-state index in [4.69, 9.17) is 4.55 Å². The van der Waals surface area contributed by atoms with Gasteiger partial charge in [-0.15, -0.1) is 0 Å². The van der Waals surface area contributed by atoms with Gasteiger partial charge in [0.15, 0.2) is 0 Å². The Balaban J connectivity index is -0.0000000300. The SMILES string of the molecule is O.[Ca+2].[H-].[H-].[O]=[Al][O]S(=O)(=O)O. The number of hydrogen-bond acceptors (Lipinski definition) is 4. The zero-order chi connectivity index (χ0) is 5.91. The van der Waals surface area contributed by atoms with Crippen LogP contribution in [0, 0.1) is 0 Å². The predicted molar refractivity (Wildman–Crippen MR) is 30.7 cm³/mol. The molecule has 0 aromatic rings. The summed E-state index contributed by atoms with van der Waals surface area (Å²) in [6.45, 7) is 0. The molecule has 0 rings (SSSR count). The Kier molecular flexibility index (Phi) is 13.7. The Morgan fingerprint density at radius 1 is 1.56 bits per heavy atom. The fourth-order valence-electron chi connectivity index (χ4n) is 0.0496. The van der Waals surface area contributed by atoms with Crippen molar-refractivity contribution in [1.29, 1.82) is 0 Å². The average Bonchev–Trinajstić information content (AvgIpc) is 1.30. The molecule has 0 spiro atoms. The van der Waals surface area contributed by atoms with Crippen LogP contribution in [0.25, 0.3) is 0 Å². The number of rotatable bonds is 2. The van der Waals surface area contributed by atoms with Crippen LogP contribution in [-0.4, -0.2) is 71.7 Å². The molecule has 6 nitrogen and oxygen atoms in total. The van der Waals surface area contributed by atoms with Crippen LogP contribution in [0.3, 0.4) is 0 Å². The van der Waals surface area contributed by atoms with Crippen LogP contribution in [0.4, 0.5) is 0 Å². The molecule has 0 aromatic heterocycles. The monoisotopic (exact) mass is 200 g/mol. The second kappa shape index (κ2) is 7.37. The molecule has 0 saturated heterocycles. The van der Waals surface area contributed by atoms with Gasteiger partial charge in [0, 0.05) is 0 Å². The summed E-state index contributed by atoms with van der Waals surface area (Å²) in [4.78, 5) is 0. The molecule has 52 valence electrons. The molecule has 0 saturated carbocycles. The molecule has 0 aliphatic carbocycles. The molecular formula is H5AlCaO6S. The van der Waals surface area contributed by atoms with Gasteiger partial charge in [-0.25, -0.2) is 0 Å². The summed E-state index contributed by atoms with van der Waals surface area (Å²) >= 11 is -1.88. The Morgan fingerprint density at radius 3 is 1.89 bits per heavy atom. The Bertz CT molecular complexity index is 154. The van der Waals surface area contributed by atoms with Crippen molar-refractivity contribution in [1.82, 2.24) is 0 Å². The van der Waals surface area contributed by atoms with E-state index in [0.717, 1.165) is 0 Å². The van der Waals surface area contributed by atoms with Crippen LogP contribution < -0.4 is 0 Å². The van der Waals surface area contributed by atoms with Crippen LogP contribution in [0.2, 0.25) is 0 Å². The second-order valence-electron chi connectivity index (χ2n) is 0.620. The first-order valence-corrected chi connectivity index (χ1v) is 3.46. The van der Waals surface area contributed by atoms with Crippen molar-refractivity contribution in [2.45, 2.75) is 0 Å². The third kappa shape index (κ3) is 17.6. The van der Waals surface area contributed by atoms with E-state index < -0.39 is 25.9 Å². The Hall–Kier alpha value is 1.26. The van der Waals surface area contributed by atoms with Gasteiger partial charge in [-0.3, -0.25) is 0 Å². The summed E-state index contributed by atoms with van der Waals surface area (Å²) in [6, 6.07) is 0. The zero-order valence-corrected chi connectivity index (χ0v) is 8.45. The quantitative estimate of drug-likeness (QED) is 0.401. The van der Waals surface area contributed by atoms with Crippen molar-refractivity contribution in [3.8, 4) is 0 Å². The molecule has 0 aromatic carbocycles. The van der Waals surface area contributed by atoms with Gasteiger partial charge in [-0.1, -0.05) is 0 Å². The van der Waals surface area contributed by atoms with Gasteiger partial charge in [-0.2, -0.15) is 0 Å². The molecule has 9 heavy (non-hydrogen) atoms. The van der Waals surface area contributed by atoms with Gasteiger partial charge < -0.3 is 8.33 Å². The van der Waals surface area contributed by atoms with Crippen LogP contribution in [0.1, 0.15) is 2.85 Å². The minimum atomic E-state index is -4.45. The van der Waals surface area contributed by atoms with E-state index in [1.807, 2.05) is 0 Å². The minimum absolute atomic E-state index is 0. The molecule has 0 fully saturated rings. The van der Waals surface area contributed by atoms with Crippen LogP contribution in [0.5, 0.6) is 0 Å². The van der Waals surface area contributed by atoms with Gasteiger partial charge in [0.05, 0.1) is 0 Å². The van der Waals surface area contributed by atoms with E-state index >= 15 is 0 Å². The van der Waals surface area contributed by atoms with E-state index in [1.165, 1.54) is 0 Å². The Labute approximate surface area is 91.1 Å². The first kappa shape index (κ1) is 16.7. The molecule has 9 heteroatoms. The molecule has 0 bridgehead atoms. The molecule has 0 atom stereocenters. The van der Waals surface area contributed by atoms with Crippen LogP contribution >= 0.6 is 0 Å². The van der Waals surface area contributed by atoms with Gasteiger partial charge in [0.2, 0.25) is 0 Å². The second-order valence-corrected chi connectivity index (χ2v) is 2.44. The molecule has 0 heterocycles. The van der Waals surface area contributed by atoms with Crippen LogP contribution in [-0.2, 0) is 17.4 Å². The van der Waals surface area contributed by atoms with Crippen molar-refractivity contribution in [3.05, 3.63) is 0 Å². The first-order valence-electron chi connectivity index (χ1n) is 1.15. The van der Waals surface area contributed by atoms with Crippen molar-refractivity contribution in [2.24, 2.45) is 0 Å². The van der Waals surface area contributed by atoms with Crippen molar-refractivity contribution in [3.63, 3.8) is 0 Å². The van der Waals surface area contributed by atoms with Crippen molar-refractivity contribution < 1.29 is 28.3 Å². The predicted octanol–water partition coefficient (Wildman–Crippen LogP) is -2.21. The molecular weight excluding hydrogens is 195 g/mol. The van der Waals surface area contributed by atoms with E-state index in [9.17, 15) is 12.2 Å². The summed E-state index contributed by atoms with van der Waals surface area (Å²) in [7, 11) is -4.45. The van der Waals surface area contributed by atoms with E-state index in [0.29, 0.717) is 0 Å². The van der Waals surface area contributed by atoms with E-state index in [1.54, 1.807) is 0 Å². The molecule has 0 unspecified atom stereocenters. The average molecular weight is 200 g/mol. The van der Waals surface area contributed by atoms with E-state index in [2.05, 4.69) is 3.23 Å². The summed E-state index contributed by atoms with van der Waals surface area (Å²) in [6.07, 6.45) is 0. The summed E-state index contributed by atoms with van der Waals surface area (Å²) in [5.74, 6) is 0. The summed E-state index contributed by atoms with van der Waals surface area (Å²) in [5, 5.41) is 0. The van der Waals surface area contributed by atoms with Crippen molar-refractivity contribution in [2.75, 3.05) is 0 Å². The van der Waals surface area contributed by atoms with E-state index in [-0.39, 0.29) is 46.1 Å². The van der Waals surface area contributed by atoms with Gasteiger partial charge in [-0.05, 0) is 0 Å². The third-order valence-electron chi connectivity index (χ3n) is 0.161. The van der Waals surface area contributed by atoms with Gasteiger partial charge in [0.1, 0.15) is 0 Å².